The number of rotatable bonds is 3. The van der Waals surface area contributed by atoms with E-state index in [4.69, 9.17) is 5.73 Å². The van der Waals surface area contributed by atoms with Gasteiger partial charge in [0.05, 0.1) is 19.2 Å². The summed E-state index contributed by atoms with van der Waals surface area (Å²) in [4.78, 5) is 42.8. The number of primary amides is 1. The Morgan fingerprint density at radius 3 is 2.74 bits per heavy atom. The number of aromatic nitrogens is 1. The van der Waals surface area contributed by atoms with E-state index in [1.807, 2.05) is 0 Å². The van der Waals surface area contributed by atoms with Gasteiger partial charge in [-0.1, -0.05) is 23.5 Å². The molecule has 2 aromatic rings. The van der Waals surface area contributed by atoms with Crippen molar-refractivity contribution in [2.75, 3.05) is 19.0 Å². The van der Waals surface area contributed by atoms with Crippen LogP contribution in [0.5, 0.6) is 0 Å². The van der Waals surface area contributed by atoms with Gasteiger partial charge in [-0.25, -0.2) is 9.59 Å². The van der Waals surface area contributed by atoms with E-state index in [-0.39, 0.29) is 6.42 Å². The van der Waals surface area contributed by atoms with E-state index < -0.39 is 22.3 Å². The smallest absolute Gasteiger partial charge is 0.369 e. The fraction of sp³-hybridized carbons (Fsp3) is 0.200. The number of thiazole rings is 1. The predicted octanol–water partition coefficient (Wildman–Crippen LogP) is 1.52. The lowest BCUT2D eigenvalue weighted by atomic mass is 9.98. The van der Waals surface area contributed by atoms with Crippen LogP contribution in [0.25, 0.3) is 0 Å². The summed E-state index contributed by atoms with van der Waals surface area (Å²) in [6.07, 6.45) is 1.49. The van der Waals surface area contributed by atoms with Gasteiger partial charge < -0.3 is 5.73 Å². The van der Waals surface area contributed by atoms with Crippen LogP contribution in [0.3, 0.4) is 0 Å². The molecule has 0 saturated carbocycles. The Morgan fingerprint density at radius 2 is 2.13 bits per heavy atom. The van der Waals surface area contributed by atoms with Crippen LogP contribution < -0.4 is 15.1 Å². The molecule has 1 unspecified atom stereocenters. The lowest BCUT2D eigenvalue weighted by Crippen LogP contribution is -2.63. The van der Waals surface area contributed by atoms with Crippen molar-refractivity contribution in [1.29, 1.82) is 0 Å². The molecule has 1 aliphatic rings. The fourth-order valence-corrected chi connectivity index (χ4v) is 3.50. The second-order valence-corrected chi connectivity index (χ2v) is 6.30. The summed E-state index contributed by atoms with van der Waals surface area (Å²) in [5, 5.41) is 2.09. The van der Waals surface area contributed by atoms with E-state index in [0.29, 0.717) is 21.9 Å². The molecule has 2 heterocycles. The number of imide groups is 1. The maximum absolute atomic E-state index is 13.1. The quantitative estimate of drug-likeness (QED) is 0.863. The van der Waals surface area contributed by atoms with Crippen molar-refractivity contribution in [3.8, 4) is 0 Å². The Morgan fingerprint density at radius 1 is 1.39 bits per heavy atom. The van der Waals surface area contributed by atoms with Crippen molar-refractivity contribution >= 4 is 40.0 Å². The highest BCUT2D eigenvalue weighted by Crippen LogP contribution is 2.37. The van der Waals surface area contributed by atoms with E-state index >= 15 is 0 Å². The number of hydrogen-bond donors (Lipinski definition) is 1. The van der Waals surface area contributed by atoms with E-state index in [9.17, 15) is 14.4 Å². The summed E-state index contributed by atoms with van der Waals surface area (Å²) in [5.74, 6) is -0.941. The first-order chi connectivity index (χ1) is 10.9. The molecule has 23 heavy (non-hydrogen) atoms. The molecular formula is C15H15N4O3S+. The van der Waals surface area contributed by atoms with Crippen LogP contribution in [0.4, 0.5) is 15.6 Å². The molecule has 4 amide bonds. The van der Waals surface area contributed by atoms with Crippen LogP contribution in [0.15, 0.2) is 29.8 Å². The van der Waals surface area contributed by atoms with Gasteiger partial charge in [0.2, 0.25) is 5.91 Å². The lowest BCUT2D eigenvalue weighted by molar-refractivity contribution is -0.117. The molecule has 0 spiro atoms. The SMILES string of the molecule is CN1C(=O)[N+](C)(c2nccs2)C(=O)c2c(CC(N)=O)cccc21. The summed E-state index contributed by atoms with van der Waals surface area (Å²) in [6.45, 7) is 0. The third-order valence-electron chi connectivity index (χ3n) is 3.95. The fourth-order valence-electron chi connectivity index (χ4n) is 2.77. The number of carbonyl (C=O) groups is 3. The summed E-state index contributed by atoms with van der Waals surface area (Å²) in [6, 6.07) is 4.67. The topological polar surface area (TPSA) is 93.4 Å². The normalized spacial score (nSPS) is 20.5. The van der Waals surface area contributed by atoms with Crippen molar-refractivity contribution < 1.29 is 14.4 Å². The zero-order valence-electron chi connectivity index (χ0n) is 12.6. The predicted molar refractivity (Wildman–Crippen MR) is 87.3 cm³/mol. The molecule has 0 saturated heterocycles. The number of carbonyl (C=O) groups excluding carboxylic acids is 3. The van der Waals surface area contributed by atoms with Crippen LogP contribution in [0, 0.1) is 0 Å². The van der Waals surface area contributed by atoms with Gasteiger partial charge in [-0.15, -0.1) is 4.48 Å². The van der Waals surface area contributed by atoms with Crippen molar-refractivity contribution in [3.05, 3.63) is 40.9 Å². The number of nitrogens with zero attached hydrogens (tertiary/aromatic N) is 3. The molecule has 1 aromatic heterocycles. The van der Waals surface area contributed by atoms with Gasteiger partial charge >= 0.3 is 17.1 Å². The Balaban J connectivity index is 2.25. The third-order valence-corrected chi connectivity index (χ3v) is 4.89. The summed E-state index contributed by atoms with van der Waals surface area (Å²) >= 11 is 1.23. The minimum atomic E-state index is -0.586. The number of benzene rings is 1. The third kappa shape index (κ3) is 2.14. The van der Waals surface area contributed by atoms with Gasteiger partial charge in [0.25, 0.3) is 0 Å². The maximum Gasteiger partial charge on any atom is 0.438 e. The number of quaternary nitrogens is 1. The molecule has 0 bridgehead atoms. The van der Waals surface area contributed by atoms with E-state index in [1.165, 1.54) is 23.3 Å². The number of amides is 4. The Bertz CT molecular complexity index is 818. The lowest BCUT2D eigenvalue weighted by Gasteiger charge is -2.35. The van der Waals surface area contributed by atoms with Crippen molar-refractivity contribution in [3.63, 3.8) is 0 Å². The zero-order valence-corrected chi connectivity index (χ0v) is 13.5. The molecule has 1 aliphatic heterocycles. The molecule has 1 atom stereocenters. The number of hydrogen-bond acceptors (Lipinski definition) is 5. The zero-order chi connectivity index (χ0) is 16.8. The maximum atomic E-state index is 13.1. The summed E-state index contributed by atoms with van der Waals surface area (Å²) in [5.41, 5.74) is 6.61. The molecule has 2 N–H and O–H groups in total. The Labute approximate surface area is 136 Å². The highest BCUT2D eigenvalue weighted by Gasteiger charge is 2.53. The van der Waals surface area contributed by atoms with E-state index in [1.54, 1.807) is 36.8 Å². The van der Waals surface area contributed by atoms with Gasteiger partial charge in [0.15, 0.2) is 0 Å². The van der Waals surface area contributed by atoms with Crippen molar-refractivity contribution in [2.24, 2.45) is 5.73 Å². The van der Waals surface area contributed by atoms with Gasteiger partial charge in [-0.2, -0.15) is 4.98 Å². The summed E-state index contributed by atoms with van der Waals surface area (Å²) in [7, 11) is 3.12. The Hall–Kier alpha value is -2.58. The van der Waals surface area contributed by atoms with Crippen LogP contribution in [-0.4, -0.2) is 36.9 Å². The second kappa shape index (κ2) is 5.25. The second-order valence-electron chi connectivity index (χ2n) is 5.42. The van der Waals surface area contributed by atoms with Gasteiger partial charge in [-0.3, -0.25) is 9.69 Å². The Kier molecular flexibility index (Phi) is 3.50. The van der Waals surface area contributed by atoms with Crippen LogP contribution >= 0.6 is 11.3 Å². The van der Waals surface area contributed by atoms with Crippen molar-refractivity contribution in [2.45, 2.75) is 6.42 Å². The largest absolute Gasteiger partial charge is 0.438 e. The first kappa shape index (κ1) is 15.3. The van der Waals surface area contributed by atoms with Gasteiger partial charge in [-0.05, 0) is 11.6 Å². The first-order valence-electron chi connectivity index (χ1n) is 6.87. The summed E-state index contributed by atoms with van der Waals surface area (Å²) < 4.78 is -0.586. The number of fused-ring (bicyclic) bond motifs is 1. The van der Waals surface area contributed by atoms with Crippen molar-refractivity contribution in [1.82, 2.24) is 9.47 Å². The molecule has 3 rings (SSSR count). The highest BCUT2D eigenvalue weighted by atomic mass is 32.1. The number of nitrogens with two attached hydrogens (primary N) is 1. The average Bonchev–Trinajstić information content (AvgIpc) is 3.05. The molecule has 0 aliphatic carbocycles. The van der Waals surface area contributed by atoms with Crippen LogP contribution in [-0.2, 0) is 11.2 Å². The molecule has 1 aromatic carbocycles. The first-order valence-corrected chi connectivity index (χ1v) is 7.75. The molecule has 8 heteroatoms. The highest BCUT2D eigenvalue weighted by molar-refractivity contribution is 7.13. The number of anilines is 1. The van der Waals surface area contributed by atoms with Gasteiger partial charge in [0.1, 0.15) is 5.56 Å². The monoisotopic (exact) mass is 331 g/mol. The molecule has 0 fully saturated rings. The molecular weight excluding hydrogens is 316 g/mol. The van der Waals surface area contributed by atoms with Gasteiger partial charge in [0, 0.05) is 18.6 Å². The van der Waals surface area contributed by atoms with E-state index in [2.05, 4.69) is 4.98 Å². The van der Waals surface area contributed by atoms with Crippen LogP contribution in [0.2, 0.25) is 0 Å². The standard InChI is InChI=1S/C15H14N4O3S/c1-18-10-5-3-4-9(8-11(16)20)12(10)13(21)19(2,15(18)22)14-17-6-7-23-14/h3-7H,8H2,1-2H3,(H-,16,20)/p+1. The molecule has 7 nitrogen and oxygen atoms in total. The minimum Gasteiger partial charge on any atom is -0.369 e. The number of urea groups is 1. The van der Waals surface area contributed by atoms with E-state index in [0.717, 1.165) is 0 Å². The molecule has 118 valence electrons. The minimum absolute atomic E-state index is 0.0607. The van der Waals surface area contributed by atoms with Crippen LogP contribution in [0.1, 0.15) is 15.9 Å². The molecule has 0 radical (unpaired) electrons. The average molecular weight is 331 g/mol.